The zero-order valence-corrected chi connectivity index (χ0v) is 5.09. The van der Waals surface area contributed by atoms with Crippen molar-refractivity contribution in [1.82, 2.24) is 0 Å². The summed E-state index contributed by atoms with van der Waals surface area (Å²) in [5, 5.41) is 9.51. The standard InChI is InChI=1S/C3H4F3O2S/c4-3(5,6)1-9(8)2-7/h1-2H2. The van der Waals surface area contributed by atoms with E-state index in [9.17, 15) is 22.8 Å². The summed E-state index contributed by atoms with van der Waals surface area (Å²) in [6.45, 7) is 0. The molecule has 0 aromatic heterocycles. The SMILES string of the molecule is [O]C[S+]([O-])CC(F)(F)F. The van der Waals surface area contributed by atoms with Gasteiger partial charge >= 0.3 is 6.18 Å². The molecule has 0 saturated heterocycles. The Kier molecular flexibility index (Phi) is 3.31. The first-order valence-electron chi connectivity index (χ1n) is 1.95. The van der Waals surface area contributed by atoms with Crippen LogP contribution >= 0.6 is 0 Å². The van der Waals surface area contributed by atoms with E-state index in [1.807, 2.05) is 0 Å². The molecule has 0 saturated carbocycles. The van der Waals surface area contributed by atoms with Crippen LogP contribution in [-0.2, 0) is 16.3 Å². The first-order valence-corrected chi connectivity index (χ1v) is 3.44. The fourth-order valence-corrected chi connectivity index (χ4v) is 0.673. The predicted octanol–water partition coefficient (Wildman–Crippen LogP) is 0.685. The molecule has 0 aliphatic heterocycles. The second kappa shape index (κ2) is 3.28. The number of halogens is 3. The highest BCUT2D eigenvalue weighted by molar-refractivity contribution is 7.91. The van der Waals surface area contributed by atoms with Gasteiger partial charge in [0, 0.05) is 0 Å². The Hall–Kier alpha value is 0.0600. The van der Waals surface area contributed by atoms with Gasteiger partial charge in [0.1, 0.15) is 0 Å². The second-order valence-corrected chi connectivity index (χ2v) is 2.72. The Labute approximate surface area is 52.9 Å². The summed E-state index contributed by atoms with van der Waals surface area (Å²) in [4.78, 5) is 0. The number of rotatable bonds is 2. The normalized spacial score (nSPS) is 15.7. The van der Waals surface area contributed by atoms with Gasteiger partial charge in [0.2, 0.25) is 11.7 Å². The van der Waals surface area contributed by atoms with Gasteiger partial charge < -0.3 is 4.55 Å². The third kappa shape index (κ3) is 5.94. The van der Waals surface area contributed by atoms with Crippen molar-refractivity contribution < 1.29 is 22.8 Å². The molecular formula is C3H4F3O2S. The van der Waals surface area contributed by atoms with E-state index in [-0.39, 0.29) is 0 Å². The predicted molar refractivity (Wildman–Crippen MR) is 24.6 cm³/mol. The Bertz CT molecular complexity index is 83.6. The summed E-state index contributed by atoms with van der Waals surface area (Å²) in [7, 11) is 0. The molecule has 0 fully saturated rings. The van der Waals surface area contributed by atoms with Gasteiger partial charge in [-0.05, 0) is 11.2 Å². The van der Waals surface area contributed by atoms with Gasteiger partial charge in [-0.2, -0.15) is 18.3 Å². The monoisotopic (exact) mass is 161 g/mol. The van der Waals surface area contributed by atoms with Crippen LogP contribution in [0.25, 0.3) is 0 Å². The molecule has 0 heterocycles. The minimum Gasteiger partial charge on any atom is -0.614 e. The van der Waals surface area contributed by atoms with Crippen molar-refractivity contribution in [1.29, 1.82) is 0 Å². The van der Waals surface area contributed by atoms with E-state index in [1.54, 1.807) is 0 Å². The number of hydrogen-bond acceptors (Lipinski definition) is 1. The Morgan fingerprint density at radius 3 is 2.00 bits per heavy atom. The highest BCUT2D eigenvalue weighted by Gasteiger charge is 2.34. The lowest BCUT2D eigenvalue weighted by Crippen LogP contribution is -2.24. The molecule has 0 N–H and O–H groups in total. The molecule has 0 aliphatic carbocycles. The van der Waals surface area contributed by atoms with Crippen molar-refractivity contribution in [2.75, 3.05) is 11.7 Å². The fourth-order valence-electron chi connectivity index (χ4n) is 0.224. The van der Waals surface area contributed by atoms with Gasteiger partial charge in [0.15, 0.2) is 0 Å². The van der Waals surface area contributed by atoms with Gasteiger partial charge in [0.25, 0.3) is 0 Å². The average molecular weight is 161 g/mol. The lowest BCUT2D eigenvalue weighted by Gasteiger charge is -2.08. The van der Waals surface area contributed by atoms with Crippen LogP contribution in [0.1, 0.15) is 0 Å². The molecule has 0 aromatic rings. The topological polar surface area (TPSA) is 43.0 Å². The van der Waals surface area contributed by atoms with Crippen molar-refractivity contribution in [2.45, 2.75) is 6.18 Å². The van der Waals surface area contributed by atoms with Crippen LogP contribution < -0.4 is 0 Å². The number of alkyl halides is 3. The van der Waals surface area contributed by atoms with E-state index in [0.717, 1.165) is 0 Å². The maximum atomic E-state index is 11.2. The molecule has 0 rings (SSSR count). The summed E-state index contributed by atoms with van der Waals surface area (Å²) in [6, 6.07) is 0. The van der Waals surface area contributed by atoms with Crippen molar-refractivity contribution in [3.63, 3.8) is 0 Å². The Morgan fingerprint density at radius 2 is 1.89 bits per heavy atom. The third-order valence-electron chi connectivity index (χ3n) is 0.456. The molecule has 0 bridgehead atoms. The largest absolute Gasteiger partial charge is 0.614 e. The summed E-state index contributed by atoms with van der Waals surface area (Å²) in [5.74, 6) is -2.67. The Morgan fingerprint density at radius 1 is 1.44 bits per heavy atom. The van der Waals surface area contributed by atoms with Crippen LogP contribution in [0.5, 0.6) is 0 Å². The van der Waals surface area contributed by atoms with E-state index in [4.69, 9.17) is 0 Å². The summed E-state index contributed by atoms with van der Waals surface area (Å²) in [5.41, 5.74) is 0. The van der Waals surface area contributed by atoms with Crippen molar-refractivity contribution in [3.05, 3.63) is 0 Å². The first kappa shape index (κ1) is 9.06. The molecule has 9 heavy (non-hydrogen) atoms. The van der Waals surface area contributed by atoms with Crippen LogP contribution in [0.15, 0.2) is 0 Å². The molecule has 1 radical (unpaired) electrons. The van der Waals surface area contributed by atoms with Gasteiger partial charge in [-0.3, -0.25) is 0 Å². The smallest absolute Gasteiger partial charge is 0.433 e. The van der Waals surface area contributed by atoms with Crippen molar-refractivity contribution >= 4 is 11.2 Å². The summed E-state index contributed by atoms with van der Waals surface area (Å²) in [6.07, 6.45) is -4.48. The van der Waals surface area contributed by atoms with Crippen LogP contribution in [0.3, 0.4) is 0 Å². The fraction of sp³-hybridized carbons (Fsp3) is 1.00. The highest BCUT2D eigenvalue weighted by Crippen LogP contribution is 2.16. The van der Waals surface area contributed by atoms with E-state index in [1.165, 1.54) is 0 Å². The second-order valence-electron chi connectivity index (χ2n) is 1.32. The zero-order valence-electron chi connectivity index (χ0n) is 4.27. The molecule has 0 spiro atoms. The van der Waals surface area contributed by atoms with Crippen molar-refractivity contribution in [2.24, 2.45) is 0 Å². The van der Waals surface area contributed by atoms with E-state index in [2.05, 4.69) is 0 Å². The average Bonchev–Trinajstić information content (AvgIpc) is 1.62. The highest BCUT2D eigenvalue weighted by atomic mass is 32.2. The maximum absolute atomic E-state index is 11.2. The quantitative estimate of drug-likeness (QED) is 0.549. The molecule has 0 aromatic carbocycles. The van der Waals surface area contributed by atoms with Crippen LogP contribution in [0, 0.1) is 0 Å². The minimum absolute atomic E-state index is 1.18. The molecule has 55 valence electrons. The molecule has 2 nitrogen and oxygen atoms in total. The van der Waals surface area contributed by atoms with Crippen molar-refractivity contribution in [3.8, 4) is 0 Å². The van der Waals surface area contributed by atoms with Crippen LogP contribution in [0.4, 0.5) is 13.2 Å². The first-order chi connectivity index (χ1) is 3.95. The molecule has 6 heteroatoms. The molecule has 0 aliphatic rings. The van der Waals surface area contributed by atoms with Crippen LogP contribution in [0.2, 0.25) is 0 Å². The van der Waals surface area contributed by atoms with Gasteiger partial charge in [-0.15, -0.1) is 0 Å². The van der Waals surface area contributed by atoms with E-state index >= 15 is 0 Å². The molecule has 1 unspecified atom stereocenters. The molecular weight excluding hydrogens is 157 g/mol. The summed E-state index contributed by atoms with van der Waals surface area (Å²) < 4.78 is 43.4. The summed E-state index contributed by atoms with van der Waals surface area (Å²) >= 11 is -2.28. The lowest BCUT2D eigenvalue weighted by molar-refractivity contribution is -0.106. The molecule has 0 amide bonds. The van der Waals surface area contributed by atoms with Gasteiger partial charge in [-0.1, -0.05) is 0 Å². The van der Waals surface area contributed by atoms with Crippen LogP contribution in [-0.4, -0.2) is 22.4 Å². The third-order valence-corrected chi connectivity index (χ3v) is 1.37. The van der Waals surface area contributed by atoms with E-state index < -0.39 is 29.0 Å². The van der Waals surface area contributed by atoms with Gasteiger partial charge in [0.05, 0.1) is 0 Å². The Balaban J connectivity index is 3.47. The van der Waals surface area contributed by atoms with Gasteiger partial charge in [-0.25, -0.2) is 0 Å². The maximum Gasteiger partial charge on any atom is 0.433 e. The zero-order chi connectivity index (χ0) is 7.49. The lowest BCUT2D eigenvalue weighted by atomic mass is 10.8. The minimum atomic E-state index is -4.48. The number of hydrogen-bond donors (Lipinski definition) is 0. The molecule has 1 atom stereocenters. The van der Waals surface area contributed by atoms with E-state index in [0.29, 0.717) is 0 Å².